The Balaban J connectivity index is 1.64. The van der Waals surface area contributed by atoms with Crippen LogP contribution < -0.4 is 10.1 Å². The fourth-order valence-corrected chi connectivity index (χ4v) is 3.45. The number of carbonyl (C=O) groups is 3. The molecule has 0 aliphatic carbocycles. The van der Waals surface area contributed by atoms with Gasteiger partial charge in [-0.1, -0.05) is 37.3 Å². The van der Waals surface area contributed by atoms with E-state index in [9.17, 15) is 14.4 Å². The van der Waals surface area contributed by atoms with Crippen molar-refractivity contribution < 1.29 is 19.1 Å². The number of carbonyl (C=O) groups excluding carboxylic acids is 3. The molecule has 0 spiro atoms. The lowest BCUT2D eigenvalue weighted by Crippen LogP contribution is -2.36. The minimum atomic E-state index is -0.469. The smallest absolute Gasteiger partial charge is 0.294 e. The Bertz CT molecular complexity index is 926. The van der Waals surface area contributed by atoms with Gasteiger partial charge in [0, 0.05) is 5.69 Å². The van der Waals surface area contributed by atoms with Crippen LogP contribution in [0.5, 0.6) is 5.75 Å². The molecule has 7 heteroatoms. The van der Waals surface area contributed by atoms with Crippen molar-refractivity contribution in [3.05, 3.63) is 65.1 Å². The largest absolute Gasteiger partial charge is 0.491 e. The lowest BCUT2D eigenvalue weighted by Gasteiger charge is -2.12. The number of benzene rings is 2. The van der Waals surface area contributed by atoms with Crippen molar-refractivity contribution in [1.29, 1.82) is 0 Å². The van der Waals surface area contributed by atoms with Crippen LogP contribution in [0.1, 0.15) is 25.8 Å². The molecule has 0 saturated carbocycles. The number of thioether (sulfide) groups is 1. The summed E-state index contributed by atoms with van der Waals surface area (Å²) >= 11 is 0.831. The summed E-state index contributed by atoms with van der Waals surface area (Å²) in [5.41, 5.74) is 1.39. The molecule has 150 valence electrons. The van der Waals surface area contributed by atoms with Gasteiger partial charge in [0.2, 0.25) is 5.91 Å². The van der Waals surface area contributed by atoms with Gasteiger partial charge in [-0.25, -0.2) is 0 Å². The number of imide groups is 1. The number of ether oxygens (including phenoxy) is 1. The Morgan fingerprint density at radius 3 is 2.48 bits per heavy atom. The number of anilines is 1. The Morgan fingerprint density at radius 2 is 1.83 bits per heavy atom. The van der Waals surface area contributed by atoms with Gasteiger partial charge in [-0.15, -0.1) is 0 Å². The number of amides is 3. The fraction of sp³-hybridized carbons (Fsp3) is 0.227. The highest BCUT2D eigenvalue weighted by Gasteiger charge is 2.36. The molecule has 0 bridgehead atoms. The Morgan fingerprint density at radius 1 is 1.14 bits per heavy atom. The average Bonchev–Trinajstić information content (AvgIpc) is 2.97. The summed E-state index contributed by atoms with van der Waals surface area (Å²) in [6, 6.07) is 16.2. The summed E-state index contributed by atoms with van der Waals surface area (Å²) in [5, 5.41) is 2.22. The minimum absolute atomic E-state index is 0.124. The maximum Gasteiger partial charge on any atom is 0.294 e. The third-order valence-electron chi connectivity index (χ3n) is 4.32. The highest BCUT2D eigenvalue weighted by molar-refractivity contribution is 8.18. The van der Waals surface area contributed by atoms with Crippen LogP contribution in [-0.4, -0.2) is 34.6 Å². The SMILES string of the molecule is CCC(C)Oc1ccc(/C=C2\SC(=O)N(CC(=O)Nc3ccccc3)C2=O)cc1. The molecule has 29 heavy (non-hydrogen) atoms. The Labute approximate surface area is 173 Å². The zero-order chi connectivity index (χ0) is 20.8. The van der Waals surface area contributed by atoms with E-state index in [0.717, 1.165) is 34.4 Å². The van der Waals surface area contributed by atoms with Gasteiger partial charge in [-0.05, 0) is 61.0 Å². The van der Waals surface area contributed by atoms with Gasteiger partial charge in [-0.3, -0.25) is 19.3 Å². The molecule has 1 fully saturated rings. The van der Waals surface area contributed by atoms with Crippen LogP contribution in [0.3, 0.4) is 0 Å². The van der Waals surface area contributed by atoms with E-state index in [1.54, 1.807) is 30.3 Å². The van der Waals surface area contributed by atoms with Crippen molar-refractivity contribution in [2.24, 2.45) is 0 Å². The second-order valence-corrected chi connectivity index (χ2v) is 7.58. The fourth-order valence-electron chi connectivity index (χ4n) is 2.61. The molecule has 6 nitrogen and oxygen atoms in total. The van der Waals surface area contributed by atoms with Gasteiger partial charge in [0.25, 0.3) is 11.1 Å². The molecule has 1 unspecified atom stereocenters. The average molecular weight is 410 g/mol. The second kappa shape index (κ2) is 9.43. The third kappa shape index (κ3) is 5.48. The van der Waals surface area contributed by atoms with E-state index in [2.05, 4.69) is 12.2 Å². The molecule has 1 atom stereocenters. The minimum Gasteiger partial charge on any atom is -0.491 e. The second-order valence-electron chi connectivity index (χ2n) is 6.59. The number of nitrogens with one attached hydrogen (secondary N) is 1. The van der Waals surface area contributed by atoms with E-state index in [-0.39, 0.29) is 17.6 Å². The molecule has 0 aromatic heterocycles. The predicted octanol–water partition coefficient (Wildman–Crippen LogP) is 4.54. The maximum absolute atomic E-state index is 12.6. The molecular formula is C22H22N2O4S. The van der Waals surface area contributed by atoms with Crippen molar-refractivity contribution in [3.63, 3.8) is 0 Å². The molecule has 1 aliphatic heterocycles. The van der Waals surface area contributed by atoms with Gasteiger partial charge in [-0.2, -0.15) is 0 Å². The molecule has 2 aromatic carbocycles. The van der Waals surface area contributed by atoms with Crippen LogP contribution in [0.25, 0.3) is 6.08 Å². The van der Waals surface area contributed by atoms with Crippen LogP contribution in [0.15, 0.2) is 59.5 Å². The molecule has 3 amide bonds. The van der Waals surface area contributed by atoms with Crippen LogP contribution in [0, 0.1) is 0 Å². The standard InChI is InChI=1S/C22H22N2O4S/c1-3-15(2)28-18-11-9-16(10-12-18)13-19-21(26)24(22(27)29-19)14-20(25)23-17-7-5-4-6-8-17/h4-13,15H,3,14H2,1-2H3,(H,23,25)/b19-13-. The lowest BCUT2D eigenvalue weighted by atomic mass is 10.2. The zero-order valence-electron chi connectivity index (χ0n) is 16.3. The first kappa shape index (κ1) is 20.7. The summed E-state index contributed by atoms with van der Waals surface area (Å²) in [6.45, 7) is 3.73. The van der Waals surface area contributed by atoms with Crippen LogP contribution in [0.4, 0.5) is 10.5 Å². The van der Waals surface area contributed by atoms with Gasteiger partial charge >= 0.3 is 0 Å². The van der Waals surface area contributed by atoms with Gasteiger partial charge in [0.1, 0.15) is 12.3 Å². The number of nitrogens with zero attached hydrogens (tertiary/aromatic N) is 1. The summed E-state index contributed by atoms with van der Waals surface area (Å²) < 4.78 is 5.74. The topological polar surface area (TPSA) is 75.7 Å². The first-order valence-electron chi connectivity index (χ1n) is 9.33. The molecule has 2 aromatic rings. The third-order valence-corrected chi connectivity index (χ3v) is 5.23. The van der Waals surface area contributed by atoms with E-state index in [0.29, 0.717) is 5.69 Å². The van der Waals surface area contributed by atoms with Crippen molar-refractivity contribution in [2.45, 2.75) is 26.4 Å². The van der Waals surface area contributed by atoms with Crippen molar-refractivity contribution in [3.8, 4) is 5.75 Å². The Hall–Kier alpha value is -3.06. The van der Waals surface area contributed by atoms with Crippen molar-refractivity contribution in [2.75, 3.05) is 11.9 Å². The van der Waals surface area contributed by atoms with Crippen molar-refractivity contribution in [1.82, 2.24) is 4.90 Å². The number of hydrogen-bond acceptors (Lipinski definition) is 5. The van der Waals surface area contributed by atoms with Gasteiger partial charge in [0.15, 0.2) is 0 Å². The highest BCUT2D eigenvalue weighted by atomic mass is 32.2. The Kier molecular flexibility index (Phi) is 6.72. The summed E-state index contributed by atoms with van der Waals surface area (Å²) in [7, 11) is 0. The maximum atomic E-state index is 12.6. The molecule has 0 radical (unpaired) electrons. The summed E-state index contributed by atoms with van der Waals surface area (Å²) in [5.74, 6) is -0.142. The quantitative estimate of drug-likeness (QED) is 0.678. The molecule has 3 rings (SSSR count). The highest BCUT2D eigenvalue weighted by Crippen LogP contribution is 2.32. The first-order chi connectivity index (χ1) is 14.0. The van der Waals surface area contributed by atoms with Crippen molar-refractivity contribution >= 4 is 40.6 Å². The summed E-state index contributed by atoms with van der Waals surface area (Å²) in [4.78, 5) is 38.2. The summed E-state index contributed by atoms with van der Waals surface area (Å²) in [6.07, 6.45) is 2.68. The molecule has 1 heterocycles. The number of hydrogen-bond donors (Lipinski definition) is 1. The first-order valence-corrected chi connectivity index (χ1v) is 10.1. The van der Waals surface area contributed by atoms with Gasteiger partial charge < -0.3 is 10.1 Å². The number of para-hydroxylation sites is 1. The molecule has 1 N–H and O–H groups in total. The normalized spacial score (nSPS) is 16.2. The zero-order valence-corrected chi connectivity index (χ0v) is 17.1. The number of rotatable bonds is 7. The van der Waals surface area contributed by atoms with E-state index in [1.165, 1.54) is 0 Å². The molecular weight excluding hydrogens is 388 g/mol. The molecule has 1 aliphatic rings. The molecule has 1 saturated heterocycles. The van der Waals surface area contributed by atoms with E-state index < -0.39 is 17.1 Å². The van der Waals surface area contributed by atoms with Crippen LogP contribution in [-0.2, 0) is 9.59 Å². The van der Waals surface area contributed by atoms with E-state index in [1.807, 2.05) is 37.3 Å². The lowest BCUT2D eigenvalue weighted by molar-refractivity contribution is -0.127. The van der Waals surface area contributed by atoms with Gasteiger partial charge in [0.05, 0.1) is 11.0 Å². The van der Waals surface area contributed by atoms with E-state index >= 15 is 0 Å². The van der Waals surface area contributed by atoms with Crippen LogP contribution in [0.2, 0.25) is 0 Å². The predicted molar refractivity (Wildman–Crippen MR) is 115 cm³/mol. The monoisotopic (exact) mass is 410 g/mol. The van der Waals surface area contributed by atoms with Crippen LogP contribution >= 0.6 is 11.8 Å². The van der Waals surface area contributed by atoms with E-state index in [4.69, 9.17) is 4.74 Å².